The summed E-state index contributed by atoms with van der Waals surface area (Å²) < 4.78 is 41.8. The third kappa shape index (κ3) is 10.9. The van der Waals surface area contributed by atoms with Gasteiger partial charge in [0.15, 0.2) is 0 Å². The van der Waals surface area contributed by atoms with Crippen molar-refractivity contribution >= 4 is 7.82 Å². The highest BCUT2D eigenvalue weighted by molar-refractivity contribution is 7.47. The number of aliphatic hydroxyl groups excluding tert-OH is 6. The van der Waals surface area contributed by atoms with Crippen molar-refractivity contribution in [3.05, 3.63) is 0 Å². The highest BCUT2D eigenvalue weighted by atomic mass is 31.2. The first-order valence-electron chi connectivity index (χ1n) is 9.69. The Labute approximate surface area is 179 Å². The van der Waals surface area contributed by atoms with E-state index >= 15 is 0 Å². The molecule has 3 unspecified atom stereocenters. The smallest absolute Gasteiger partial charge is 0.394 e. The van der Waals surface area contributed by atoms with E-state index in [-0.39, 0.29) is 39.6 Å². The average Bonchev–Trinajstić information content (AvgIpc) is 2.74. The van der Waals surface area contributed by atoms with Crippen LogP contribution in [0.2, 0.25) is 0 Å². The highest BCUT2D eigenvalue weighted by Gasteiger charge is 2.51. The van der Waals surface area contributed by atoms with E-state index in [2.05, 4.69) is 9.05 Å². The lowest BCUT2D eigenvalue weighted by Crippen LogP contribution is -2.64. The van der Waals surface area contributed by atoms with Gasteiger partial charge in [0.25, 0.3) is 0 Å². The van der Waals surface area contributed by atoms with Gasteiger partial charge >= 0.3 is 7.82 Å². The van der Waals surface area contributed by atoms with Crippen molar-refractivity contribution < 1.29 is 68.1 Å². The molecule has 0 aliphatic heterocycles. The van der Waals surface area contributed by atoms with Crippen LogP contribution in [0.15, 0.2) is 0 Å². The van der Waals surface area contributed by atoms with Crippen LogP contribution >= 0.6 is 7.82 Å². The van der Waals surface area contributed by atoms with Gasteiger partial charge in [0.05, 0.1) is 66.1 Å². The van der Waals surface area contributed by atoms with Gasteiger partial charge in [-0.05, 0) is 0 Å². The molecule has 1 aliphatic carbocycles. The molecule has 0 radical (unpaired) electrons. The van der Waals surface area contributed by atoms with Crippen LogP contribution in [-0.2, 0) is 32.6 Å². The summed E-state index contributed by atoms with van der Waals surface area (Å²) in [7, 11) is -4.77. The summed E-state index contributed by atoms with van der Waals surface area (Å²) in [6.07, 6.45) is -11.3. The summed E-state index contributed by atoms with van der Waals surface area (Å²) in [5.74, 6) is 0. The Balaban J connectivity index is 2.09. The third-order valence-electron chi connectivity index (χ3n) is 4.16. The van der Waals surface area contributed by atoms with Crippen LogP contribution in [0.5, 0.6) is 0 Å². The van der Waals surface area contributed by atoms with E-state index in [1.165, 1.54) is 0 Å². The van der Waals surface area contributed by atoms with Crippen LogP contribution in [0.3, 0.4) is 0 Å². The van der Waals surface area contributed by atoms with E-state index < -0.39 is 44.4 Å². The van der Waals surface area contributed by atoms with Crippen molar-refractivity contribution in [2.45, 2.75) is 36.6 Å². The van der Waals surface area contributed by atoms with Crippen LogP contribution in [0, 0.1) is 0 Å². The summed E-state index contributed by atoms with van der Waals surface area (Å²) in [4.78, 5) is 9.68. The molecule has 7 atom stereocenters. The number of hydrogen-bond acceptors (Lipinski definition) is 13. The van der Waals surface area contributed by atoms with Gasteiger partial charge in [0.2, 0.25) is 0 Å². The first kappa shape index (κ1) is 28.7. The average molecular weight is 480 g/mol. The van der Waals surface area contributed by atoms with Gasteiger partial charge in [0, 0.05) is 0 Å². The van der Waals surface area contributed by atoms with E-state index in [0.29, 0.717) is 26.4 Å². The molecule has 186 valence electrons. The monoisotopic (exact) mass is 480 g/mol. The number of phosphoric acid groups is 1. The zero-order valence-corrected chi connectivity index (χ0v) is 17.9. The lowest BCUT2D eigenvalue weighted by Gasteiger charge is -2.41. The maximum Gasteiger partial charge on any atom is 0.472 e. The van der Waals surface area contributed by atoms with Crippen LogP contribution < -0.4 is 0 Å². The molecule has 0 spiro atoms. The largest absolute Gasteiger partial charge is 0.472 e. The normalized spacial score (nSPS) is 30.9. The lowest BCUT2D eigenvalue weighted by molar-refractivity contribution is -0.220. The molecule has 0 heterocycles. The topological polar surface area (TPSA) is 214 Å². The molecule has 31 heavy (non-hydrogen) atoms. The maximum atomic E-state index is 11.9. The fourth-order valence-electron chi connectivity index (χ4n) is 2.54. The SMILES string of the molecule is O=P(O)(OCCOCCOCCOCCOCCO)OC1[C@H](O)[C@H](O)C(O)[C@H](O)[C@H]1O. The summed E-state index contributed by atoms with van der Waals surface area (Å²) in [6.45, 7) is 1.65. The minimum absolute atomic E-state index is 0.0386. The second-order valence-corrected chi connectivity index (χ2v) is 7.90. The standard InChI is InChI=1S/C16H33O14P/c17-1-2-25-3-4-26-5-6-27-7-8-28-9-10-29-31(23,24)30-16-14(21)12(19)11(18)13(20)15(16)22/h11-22H,1-10H2,(H,23,24)/t11?,12-,13+,14-,15-,16?/m1/s1. The Kier molecular flexibility index (Phi) is 14.4. The van der Waals surface area contributed by atoms with Crippen molar-refractivity contribution in [1.82, 2.24) is 0 Å². The summed E-state index contributed by atoms with van der Waals surface area (Å²) >= 11 is 0. The van der Waals surface area contributed by atoms with Crippen molar-refractivity contribution in [1.29, 1.82) is 0 Å². The molecule has 0 bridgehead atoms. The summed E-state index contributed by atoms with van der Waals surface area (Å²) in [6, 6.07) is 0. The molecule has 1 aliphatic rings. The van der Waals surface area contributed by atoms with E-state index in [0.717, 1.165) is 0 Å². The van der Waals surface area contributed by atoms with Gasteiger partial charge in [-0.25, -0.2) is 4.57 Å². The van der Waals surface area contributed by atoms with Crippen molar-refractivity contribution in [2.75, 3.05) is 66.1 Å². The molecule has 0 aromatic carbocycles. The Hall–Kier alpha value is -0.290. The Morgan fingerprint density at radius 2 is 0.935 bits per heavy atom. The number of aliphatic hydroxyl groups is 6. The predicted molar refractivity (Wildman–Crippen MR) is 101 cm³/mol. The first-order valence-corrected chi connectivity index (χ1v) is 11.2. The minimum atomic E-state index is -4.77. The fourth-order valence-corrected chi connectivity index (χ4v) is 3.47. The molecule has 0 amide bonds. The van der Waals surface area contributed by atoms with Gasteiger partial charge in [-0.1, -0.05) is 0 Å². The van der Waals surface area contributed by atoms with Crippen molar-refractivity contribution in [3.63, 3.8) is 0 Å². The molecule has 15 heteroatoms. The number of phosphoric ester groups is 1. The molecule has 1 fully saturated rings. The van der Waals surface area contributed by atoms with E-state index in [1.807, 2.05) is 0 Å². The van der Waals surface area contributed by atoms with Gasteiger partial charge in [-0.2, -0.15) is 0 Å². The highest BCUT2D eigenvalue weighted by Crippen LogP contribution is 2.46. The molecule has 1 saturated carbocycles. The second-order valence-electron chi connectivity index (χ2n) is 6.50. The molecule has 0 aromatic heterocycles. The van der Waals surface area contributed by atoms with Crippen LogP contribution in [0.1, 0.15) is 0 Å². The number of rotatable bonds is 17. The third-order valence-corrected chi connectivity index (χ3v) is 5.18. The van der Waals surface area contributed by atoms with Crippen molar-refractivity contribution in [2.24, 2.45) is 0 Å². The molecule has 1 rings (SSSR count). The molecular weight excluding hydrogens is 447 g/mol. The van der Waals surface area contributed by atoms with Gasteiger partial charge in [0.1, 0.15) is 36.6 Å². The van der Waals surface area contributed by atoms with Crippen LogP contribution in [0.25, 0.3) is 0 Å². The molecule has 0 aromatic rings. The predicted octanol–water partition coefficient (Wildman–Crippen LogP) is -3.63. The van der Waals surface area contributed by atoms with Crippen LogP contribution in [0.4, 0.5) is 0 Å². The van der Waals surface area contributed by atoms with E-state index in [1.54, 1.807) is 0 Å². The minimum Gasteiger partial charge on any atom is -0.394 e. The Bertz CT molecular complexity index is 495. The first-order chi connectivity index (χ1) is 14.7. The Morgan fingerprint density at radius 1 is 0.581 bits per heavy atom. The second kappa shape index (κ2) is 15.5. The number of ether oxygens (including phenoxy) is 4. The molecule has 14 nitrogen and oxygen atoms in total. The number of hydrogen-bond donors (Lipinski definition) is 7. The zero-order chi connectivity index (χ0) is 23.3. The van der Waals surface area contributed by atoms with Gasteiger partial charge in [-0.3, -0.25) is 9.05 Å². The quantitative estimate of drug-likeness (QED) is 0.0790. The lowest BCUT2D eigenvalue weighted by atomic mass is 9.85. The van der Waals surface area contributed by atoms with Gasteiger partial charge < -0.3 is 54.5 Å². The fraction of sp³-hybridized carbons (Fsp3) is 1.00. The van der Waals surface area contributed by atoms with Crippen molar-refractivity contribution in [3.8, 4) is 0 Å². The summed E-state index contributed by atoms with van der Waals surface area (Å²) in [5.41, 5.74) is 0. The Morgan fingerprint density at radius 3 is 1.35 bits per heavy atom. The molecule has 7 N–H and O–H groups in total. The maximum absolute atomic E-state index is 11.9. The molecular formula is C16H33O14P. The summed E-state index contributed by atoms with van der Waals surface area (Å²) in [5, 5.41) is 56.8. The van der Waals surface area contributed by atoms with Crippen LogP contribution in [-0.4, -0.2) is 138 Å². The molecule has 0 saturated heterocycles. The zero-order valence-electron chi connectivity index (χ0n) is 17.0. The van der Waals surface area contributed by atoms with Gasteiger partial charge in [-0.15, -0.1) is 0 Å². The van der Waals surface area contributed by atoms with E-state index in [4.69, 9.17) is 24.1 Å². The van der Waals surface area contributed by atoms with E-state index in [9.17, 15) is 35.0 Å².